The van der Waals surface area contributed by atoms with E-state index in [-0.39, 0.29) is 11.4 Å². The number of para-hydroxylation sites is 2. The Bertz CT molecular complexity index is 511. The van der Waals surface area contributed by atoms with E-state index in [1.807, 2.05) is 12.1 Å². The number of nitro groups is 1. The van der Waals surface area contributed by atoms with Gasteiger partial charge in [-0.15, -0.1) is 0 Å². The molecule has 0 saturated carbocycles. The monoisotopic (exact) mass is 228 g/mol. The fraction of sp³-hybridized carbons (Fsp3) is 0.0769. The Kier molecular flexibility index (Phi) is 3.35. The molecule has 0 unspecified atom stereocenters. The van der Waals surface area contributed by atoms with E-state index in [4.69, 9.17) is 4.74 Å². The van der Waals surface area contributed by atoms with Gasteiger partial charge in [0.1, 0.15) is 6.61 Å². The lowest BCUT2D eigenvalue weighted by molar-refractivity contribution is -0.385. The van der Waals surface area contributed by atoms with Crippen LogP contribution < -0.4 is 4.74 Å². The van der Waals surface area contributed by atoms with Crippen molar-refractivity contribution in [3.63, 3.8) is 0 Å². The molecule has 0 aliphatic carbocycles. The zero-order valence-corrected chi connectivity index (χ0v) is 9.00. The second-order valence-corrected chi connectivity index (χ2v) is 3.42. The topological polar surface area (TPSA) is 52.4 Å². The first-order valence-corrected chi connectivity index (χ1v) is 5.08. The number of rotatable bonds is 4. The third kappa shape index (κ3) is 2.81. The molecule has 0 aliphatic heterocycles. The van der Waals surface area contributed by atoms with Gasteiger partial charge in [0.25, 0.3) is 0 Å². The van der Waals surface area contributed by atoms with Crippen molar-refractivity contribution < 1.29 is 9.66 Å². The molecule has 0 amide bonds. The fourth-order valence-corrected chi connectivity index (χ4v) is 1.41. The average molecular weight is 228 g/mol. The molecule has 0 aromatic heterocycles. The van der Waals surface area contributed by atoms with Crippen LogP contribution in [0.15, 0.2) is 48.5 Å². The summed E-state index contributed by atoms with van der Waals surface area (Å²) >= 11 is 0. The van der Waals surface area contributed by atoms with Crippen molar-refractivity contribution in [2.75, 3.05) is 0 Å². The SMILES string of the molecule is O=[N+]([O-])c1ccccc1OCc1cc[c]cc1. The number of hydrogen-bond donors (Lipinski definition) is 0. The molecule has 85 valence electrons. The van der Waals surface area contributed by atoms with Gasteiger partial charge in [-0.3, -0.25) is 10.1 Å². The summed E-state index contributed by atoms with van der Waals surface area (Å²) in [6.45, 7) is 0.305. The summed E-state index contributed by atoms with van der Waals surface area (Å²) in [5.74, 6) is 0.283. The summed E-state index contributed by atoms with van der Waals surface area (Å²) in [4.78, 5) is 10.3. The number of nitrogens with zero attached hydrogens (tertiary/aromatic N) is 1. The summed E-state index contributed by atoms with van der Waals surface area (Å²) in [5.41, 5.74) is 0.928. The third-order valence-corrected chi connectivity index (χ3v) is 2.24. The Balaban J connectivity index is 2.12. The predicted octanol–water partition coefficient (Wildman–Crippen LogP) is 2.97. The van der Waals surface area contributed by atoms with Crippen LogP contribution in [0.4, 0.5) is 5.69 Å². The average Bonchev–Trinajstić information content (AvgIpc) is 2.38. The van der Waals surface area contributed by atoms with Crippen LogP contribution in [0.3, 0.4) is 0 Å². The Morgan fingerprint density at radius 3 is 2.59 bits per heavy atom. The lowest BCUT2D eigenvalue weighted by Crippen LogP contribution is -1.98. The molecule has 0 fully saturated rings. The normalized spacial score (nSPS) is 9.88. The molecule has 1 radical (unpaired) electrons. The molecule has 0 atom stereocenters. The van der Waals surface area contributed by atoms with E-state index < -0.39 is 4.92 Å². The summed E-state index contributed by atoms with van der Waals surface area (Å²) in [6, 6.07) is 16.5. The molecule has 0 heterocycles. The van der Waals surface area contributed by atoms with Gasteiger partial charge in [0, 0.05) is 6.07 Å². The van der Waals surface area contributed by atoms with Crippen molar-refractivity contribution in [2.24, 2.45) is 0 Å². The van der Waals surface area contributed by atoms with E-state index in [9.17, 15) is 10.1 Å². The highest BCUT2D eigenvalue weighted by Gasteiger charge is 2.13. The lowest BCUT2D eigenvalue weighted by Gasteiger charge is -2.06. The molecule has 17 heavy (non-hydrogen) atoms. The highest BCUT2D eigenvalue weighted by atomic mass is 16.6. The van der Waals surface area contributed by atoms with E-state index >= 15 is 0 Å². The minimum Gasteiger partial charge on any atom is -0.482 e. The van der Waals surface area contributed by atoms with E-state index in [1.165, 1.54) is 6.07 Å². The van der Waals surface area contributed by atoms with E-state index in [1.54, 1.807) is 30.3 Å². The maximum atomic E-state index is 10.8. The summed E-state index contributed by atoms with van der Waals surface area (Å²) in [5, 5.41) is 10.8. The lowest BCUT2D eigenvalue weighted by atomic mass is 10.2. The van der Waals surface area contributed by atoms with Crippen molar-refractivity contribution in [3.05, 3.63) is 70.3 Å². The molecule has 2 aromatic rings. The number of nitro benzene ring substituents is 1. The van der Waals surface area contributed by atoms with Crippen LogP contribution in [0.2, 0.25) is 0 Å². The van der Waals surface area contributed by atoms with Gasteiger partial charge in [-0.05, 0) is 17.7 Å². The quantitative estimate of drug-likeness (QED) is 0.597. The maximum Gasteiger partial charge on any atom is 0.310 e. The highest BCUT2D eigenvalue weighted by molar-refractivity contribution is 5.45. The molecule has 4 heteroatoms. The summed E-state index contributed by atoms with van der Waals surface area (Å²) < 4.78 is 5.43. The molecule has 0 bridgehead atoms. The molecule has 0 saturated heterocycles. The number of benzene rings is 2. The molecule has 4 nitrogen and oxygen atoms in total. The van der Waals surface area contributed by atoms with Crippen molar-refractivity contribution in [1.29, 1.82) is 0 Å². The van der Waals surface area contributed by atoms with E-state index in [0.717, 1.165) is 5.56 Å². The van der Waals surface area contributed by atoms with Gasteiger partial charge in [0.05, 0.1) is 4.92 Å². The van der Waals surface area contributed by atoms with Crippen molar-refractivity contribution in [2.45, 2.75) is 6.61 Å². The fourth-order valence-electron chi connectivity index (χ4n) is 1.41. The first-order chi connectivity index (χ1) is 8.27. The molecule has 2 aromatic carbocycles. The Morgan fingerprint density at radius 2 is 1.88 bits per heavy atom. The number of ether oxygens (including phenoxy) is 1. The molecule has 2 rings (SSSR count). The largest absolute Gasteiger partial charge is 0.482 e. The second kappa shape index (κ2) is 5.12. The van der Waals surface area contributed by atoms with Gasteiger partial charge in [-0.25, -0.2) is 0 Å². The van der Waals surface area contributed by atoms with Crippen molar-refractivity contribution in [3.8, 4) is 5.75 Å². The van der Waals surface area contributed by atoms with Crippen LogP contribution in [0, 0.1) is 16.2 Å². The highest BCUT2D eigenvalue weighted by Crippen LogP contribution is 2.26. The van der Waals surface area contributed by atoms with Gasteiger partial charge in [0.2, 0.25) is 0 Å². The van der Waals surface area contributed by atoms with Crippen LogP contribution >= 0.6 is 0 Å². The molecule has 0 spiro atoms. The van der Waals surface area contributed by atoms with Crippen LogP contribution in [-0.4, -0.2) is 4.92 Å². The molecule has 0 N–H and O–H groups in total. The van der Waals surface area contributed by atoms with Crippen molar-refractivity contribution >= 4 is 5.69 Å². The second-order valence-electron chi connectivity index (χ2n) is 3.42. The van der Waals surface area contributed by atoms with Crippen LogP contribution in [-0.2, 0) is 6.61 Å². The van der Waals surface area contributed by atoms with Gasteiger partial charge in [0.15, 0.2) is 5.75 Å². The van der Waals surface area contributed by atoms with Crippen LogP contribution in [0.25, 0.3) is 0 Å². The molecular weight excluding hydrogens is 218 g/mol. The van der Waals surface area contributed by atoms with Crippen LogP contribution in [0.5, 0.6) is 5.75 Å². The standard InChI is InChI=1S/C13H10NO3/c15-14(16)12-8-4-5-9-13(12)17-10-11-6-2-1-3-7-11/h2-9H,10H2. The van der Waals surface area contributed by atoms with Gasteiger partial charge in [-0.2, -0.15) is 0 Å². The summed E-state index contributed by atoms with van der Waals surface area (Å²) in [7, 11) is 0. The first-order valence-electron chi connectivity index (χ1n) is 5.08. The predicted molar refractivity (Wildman–Crippen MR) is 62.7 cm³/mol. The maximum absolute atomic E-state index is 10.8. The van der Waals surface area contributed by atoms with Gasteiger partial charge in [-0.1, -0.05) is 36.4 Å². The number of hydrogen-bond acceptors (Lipinski definition) is 3. The zero-order chi connectivity index (χ0) is 12.1. The smallest absolute Gasteiger partial charge is 0.310 e. The Labute approximate surface area is 98.6 Å². The van der Waals surface area contributed by atoms with E-state index in [0.29, 0.717) is 6.61 Å². The van der Waals surface area contributed by atoms with Gasteiger partial charge >= 0.3 is 5.69 Å². The Morgan fingerprint density at radius 1 is 1.18 bits per heavy atom. The molecule has 0 aliphatic rings. The van der Waals surface area contributed by atoms with Crippen LogP contribution in [0.1, 0.15) is 5.56 Å². The minimum atomic E-state index is -0.450. The van der Waals surface area contributed by atoms with Gasteiger partial charge < -0.3 is 4.74 Å². The summed E-state index contributed by atoms with van der Waals surface area (Å²) in [6.07, 6.45) is 0. The first kappa shape index (κ1) is 11.1. The van der Waals surface area contributed by atoms with E-state index in [2.05, 4.69) is 6.07 Å². The van der Waals surface area contributed by atoms with Crippen molar-refractivity contribution in [1.82, 2.24) is 0 Å². The Hall–Kier alpha value is -2.36. The minimum absolute atomic E-state index is 0.0185. The zero-order valence-electron chi connectivity index (χ0n) is 9.00. The molecular formula is C13H10NO3. The third-order valence-electron chi connectivity index (χ3n) is 2.24.